The molecule has 3 rings (SSSR count). The molecule has 0 spiro atoms. The number of primary amides is 1. The second-order valence-corrected chi connectivity index (χ2v) is 5.36. The van der Waals surface area contributed by atoms with Crippen LogP contribution in [-0.2, 0) is 17.8 Å². The maximum Gasteiger partial charge on any atom is 0.234 e. The summed E-state index contributed by atoms with van der Waals surface area (Å²) in [5.74, 6) is -1.56. The Hall–Kier alpha value is -2.28. The van der Waals surface area contributed by atoms with Crippen molar-refractivity contribution in [1.29, 1.82) is 0 Å². The number of amides is 1. The van der Waals surface area contributed by atoms with Crippen molar-refractivity contribution >= 4 is 5.91 Å². The number of fused-ring (bicyclic) bond motifs is 1. The van der Waals surface area contributed by atoms with Crippen LogP contribution < -0.4 is 5.73 Å². The Morgan fingerprint density at radius 2 is 2.18 bits per heavy atom. The van der Waals surface area contributed by atoms with E-state index in [0.29, 0.717) is 36.5 Å². The quantitative estimate of drug-likeness (QED) is 0.939. The third kappa shape index (κ3) is 2.48. The van der Waals surface area contributed by atoms with Crippen LogP contribution in [0.2, 0.25) is 0 Å². The van der Waals surface area contributed by atoms with Crippen molar-refractivity contribution in [1.82, 2.24) is 10.1 Å². The van der Waals surface area contributed by atoms with E-state index in [-0.39, 0.29) is 0 Å². The first kappa shape index (κ1) is 14.6. The second-order valence-electron chi connectivity index (χ2n) is 5.36. The number of hydrogen-bond donors (Lipinski definition) is 1. The summed E-state index contributed by atoms with van der Waals surface area (Å²) in [6.45, 7) is 2.79. The van der Waals surface area contributed by atoms with Crippen LogP contribution >= 0.6 is 0 Å². The van der Waals surface area contributed by atoms with Crippen molar-refractivity contribution in [3.8, 4) is 11.3 Å². The minimum atomic E-state index is -0.938. The molecule has 1 aliphatic heterocycles. The highest BCUT2D eigenvalue weighted by molar-refractivity contribution is 5.79. The molecule has 0 saturated heterocycles. The van der Waals surface area contributed by atoms with E-state index in [4.69, 9.17) is 10.3 Å². The van der Waals surface area contributed by atoms with E-state index in [1.54, 1.807) is 6.92 Å². The summed E-state index contributed by atoms with van der Waals surface area (Å²) < 4.78 is 31.8. The van der Waals surface area contributed by atoms with Gasteiger partial charge in [0.1, 0.15) is 11.5 Å². The number of nitrogens with zero attached hydrogens (tertiary/aromatic N) is 2. The van der Waals surface area contributed by atoms with E-state index >= 15 is 0 Å². The smallest absolute Gasteiger partial charge is 0.234 e. The monoisotopic (exact) mass is 307 g/mol. The van der Waals surface area contributed by atoms with Gasteiger partial charge in [-0.15, -0.1) is 0 Å². The fourth-order valence-corrected chi connectivity index (χ4v) is 2.61. The van der Waals surface area contributed by atoms with Gasteiger partial charge in [-0.25, -0.2) is 8.78 Å². The van der Waals surface area contributed by atoms with E-state index in [1.807, 2.05) is 4.90 Å². The standard InChI is InChI=1S/C15H15F2N3O2/c1-8(15(18)21)20-5-4-13-10(7-20)14(19-22-13)9-2-3-11(16)12(17)6-9/h2-3,6,8H,4-5,7H2,1H3,(H2,18,21). The summed E-state index contributed by atoms with van der Waals surface area (Å²) >= 11 is 0. The molecule has 5 nitrogen and oxygen atoms in total. The number of rotatable bonds is 3. The molecular formula is C15H15F2N3O2. The molecule has 116 valence electrons. The van der Waals surface area contributed by atoms with Gasteiger partial charge in [0.25, 0.3) is 0 Å². The molecule has 2 aromatic rings. The lowest BCUT2D eigenvalue weighted by molar-refractivity contribution is -0.123. The van der Waals surface area contributed by atoms with Crippen LogP contribution in [0.25, 0.3) is 11.3 Å². The van der Waals surface area contributed by atoms with Crippen molar-refractivity contribution in [3.05, 3.63) is 41.2 Å². The average molecular weight is 307 g/mol. The first-order chi connectivity index (χ1) is 10.5. The van der Waals surface area contributed by atoms with E-state index in [9.17, 15) is 13.6 Å². The van der Waals surface area contributed by atoms with E-state index in [1.165, 1.54) is 6.07 Å². The Balaban J connectivity index is 1.95. The van der Waals surface area contributed by atoms with Crippen LogP contribution in [0.4, 0.5) is 8.78 Å². The summed E-state index contributed by atoms with van der Waals surface area (Å²) in [5, 5.41) is 3.97. The first-order valence-electron chi connectivity index (χ1n) is 6.93. The lowest BCUT2D eigenvalue weighted by Gasteiger charge is -2.29. The molecule has 2 heterocycles. The summed E-state index contributed by atoms with van der Waals surface area (Å²) in [6.07, 6.45) is 0.587. The summed E-state index contributed by atoms with van der Waals surface area (Å²) in [6, 6.07) is 3.18. The highest BCUT2D eigenvalue weighted by Crippen LogP contribution is 2.31. The molecule has 1 aliphatic rings. The summed E-state index contributed by atoms with van der Waals surface area (Å²) in [7, 11) is 0. The molecule has 0 radical (unpaired) electrons. The molecule has 0 aliphatic carbocycles. The van der Waals surface area contributed by atoms with Gasteiger partial charge in [0.2, 0.25) is 5.91 Å². The van der Waals surface area contributed by atoms with Gasteiger partial charge in [0.05, 0.1) is 6.04 Å². The minimum Gasteiger partial charge on any atom is -0.368 e. The van der Waals surface area contributed by atoms with Gasteiger partial charge in [-0.3, -0.25) is 9.69 Å². The lowest BCUT2D eigenvalue weighted by atomic mass is 10.00. The third-order valence-corrected chi connectivity index (χ3v) is 4.01. The van der Waals surface area contributed by atoms with Gasteiger partial charge in [-0.05, 0) is 25.1 Å². The number of hydrogen-bond acceptors (Lipinski definition) is 4. The molecule has 0 fully saturated rings. The molecule has 1 aromatic carbocycles. The fourth-order valence-electron chi connectivity index (χ4n) is 2.61. The number of carbonyl (C=O) groups excluding carboxylic acids is 1. The zero-order valence-electron chi connectivity index (χ0n) is 12.0. The molecule has 0 saturated carbocycles. The van der Waals surface area contributed by atoms with E-state index in [0.717, 1.165) is 17.7 Å². The van der Waals surface area contributed by atoms with Crippen LogP contribution in [0.15, 0.2) is 22.7 Å². The van der Waals surface area contributed by atoms with Crippen molar-refractivity contribution in [3.63, 3.8) is 0 Å². The Kier molecular flexibility index (Phi) is 3.66. The SMILES string of the molecule is CC(C(N)=O)N1CCc2onc(-c3ccc(F)c(F)c3)c2C1. The van der Waals surface area contributed by atoms with Crippen LogP contribution in [-0.4, -0.2) is 28.6 Å². The van der Waals surface area contributed by atoms with Crippen molar-refractivity contribution in [2.45, 2.75) is 25.9 Å². The zero-order valence-corrected chi connectivity index (χ0v) is 12.0. The van der Waals surface area contributed by atoms with Crippen LogP contribution in [0.5, 0.6) is 0 Å². The summed E-state index contributed by atoms with van der Waals surface area (Å²) in [5.41, 5.74) is 7.03. The number of carbonyl (C=O) groups is 1. The maximum atomic E-state index is 13.4. The number of benzene rings is 1. The van der Waals surface area contributed by atoms with Crippen LogP contribution in [0.1, 0.15) is 18.2 Å². The Bertz CT molecular complexity index is 730. The molecule has 1 amide bonds. The zero-order chi connectivity index (χ0) is 15.9. The number of halogens is 2. The molecular weight excluding hydrogens is 292 g/mol. The Labute approximate surface area is 125 Å². The van der Waals surface area contributed by atoms with Crippen molar-refractivity contribution in [2.75, 3.05) is 6.54 Å². The first-order valence-corrected chi connectivity index (χ1v) is 6.93. The van der Waals surface area contributed by atoms with Gasteiger partial charge >= 0.3 is 0 Å². The van der Waals surface area contributed by atoms with Gasteiger partial charge in [-0.1, -0.05) is 5.16 Å². The van der Waals surface area contributed by atoms with Crippen LogP contribution in [0, 0.1) is 11.6 Å². The van der Waals surface area contributed by atoms with Crippen molar-refractivity contribution in [2.24, 2.45) is 5.73 Å². The topological polar surface area (TPSA) is 72.4 Å². The summed E-state index contributed by atoms with van der Waals surface area (Å²) in [4.78, 5) is 13.2. The lowest BCUT2D eigenvalue weighted by Crippen LogP contribution is -2.44. The predicted molar refractivity (Wildman–Crippen MR) is 74.6 cm³/mol. The maximum absolute atomic E-state index is 13.4. The van der Waals surface area contributed by atoms with Crippen molar-refractivity contribution < 1.29 is 18.1 Å². The average Bonchev–Trinajstić information content (AvgIpc) is 2.92. The van der Waals surface area contributed by atoms with Gasteiger partial charge < -0.3 is 10.3 Å². The molecule has 1 atom stereocenters. The molecule has 1 aromatic heterocycles. The van der Waals surface area contributed by atoms with E-state index in [2.05, 4.69) is 5.16 Å². The second kappa shape index (κ2) is 5.49. The Morgan fingerprint density at radius 3 is 2.86 bits per heavy atom. The molecule has 7 heteroatoms. The predicted octanol–water partition coefficient (Wildman–Crippen LogP) is 1.85. The highest BCUT2D eigenvalue weighted by atomic mass is 19.2. The molecule has 22 heavy (non-hydrogen) atoms. The molecule has 0 bridgehead atoms. The molecule has 2 N–H and O–H groups in total. The minimum absolute atomic E-state index is 0.408. The Morgan fingerprint density at radius 1 is 1.41 bits per heavy atom. The van der Waals surface area contributed by atoms with E-state index < -0.39 is 23.6 Å². The molecule has 1 unspecified atom stereocenters. The largest absolute Gasteiger partial charge is 0.368 e. The highest BCUT2D eigenvalue weighted by Gasteiger charge is 2.29. The number of aromatic nitrogens is 1. The van der Waals surface area contributed by atoms with Gasteiger partial charge in [0, 0.05) is 30.6 Å². The van der Waals surface area contributed by atoms with Gasteiger partial charge in [0.15, 0.2) is 11.6 Å². The van der Waals surface area contributed by atoms with Gasteiger partial charge in [-0.2, -0.15) is 0 Å². The normalized spacial score (nSPS) is 16.3. The third-order valence-electron chi connectivity index (χ3n) is 4.01. The van der Waals surface area contributed by atoms with Crippen LogP contribution in [0.3, 0.4) is 0 Å². The number of nitrogens with two attached hydrogens (primary N) is 1. The fraction of sp³-hybridized carbons (Fsp3) is 0.333.